The van der Waals surface area contributed by atoms with Gasteiger partial charge in [0, 0.05) is 44.8 Å². The molecule has 1 heterocycles. The lowest BCUT2D eigenvalue weighted by atomic mass is 9.73. The molecule has 0 spiro atoms. The van der Waals surface area contributed by atoms with Gasteiger partial charge in [0.1, 0.15) is 0 Å². The predicted molar refractivity (Wildman–Crippen MR) is 91.4 cm³/mol. The van der Waals surface area contributed by atoms with E-state index in [2.05, 4.69) is 37.5 Å². The highest BCUT2D eigenvalue weighted by atomic mass is 15.3. The van der Waals surface area contributed by atoms with Crippen LogP contribution in [0, 0.1) is 17.8 Å². The average molecular weight is 296 g/mol. The quantitative estimate of drug-likeness (QED) is 0.846. The van der Waals surface area contributed by atoms with E-state index in [1.54, 1.807) is 0 Å². The molecule has 1 aliphatic heterocycles. The first-order valence-electron chi connectivity index (χ1n) is 9.23. The maximum atomic E-state index is 6.42. The molecule has 4 atom stereocenters. The Labute approximate surface area is 132 Å². The zero-order valence-electron chi connectivity index (χ0n) is 14.7. The summed E-state index contributed by atoms with van der Waals surface area (Å²) in [4.78, 5) is 5.32. The van der Waals surface area contributed by atoms with Crippen LogP contribution in [0.4, 0.5) is 0 Å². The summed E-state index contributed by atoms with van der Waals surface area (Å²) in [7, 11) is 0. The molecular weight excluding hydrogens is 258 g/mol. The fourth-order valence-electron chi connectivity index (χ4n) is 4.12. The summed E-state index contributed by atoms with van der Waals surface area (Å²) in [5, 5.41) is 0. The van der Waals surface area contributed by atoms with Crippen molar-refractivity contribution in [3.8, 4) is 0 Å². The average Bonchev–Trinajstić information content (AvgIpc) is 2.49. The van der Waals surface area contributed by atoms with E-state index in [0.29, 0.717) is 6.04 Å². The standard InChI is InChI=1S/C18H37N3/c1-5-15(4)21-10-8-20(9-11-21)13-17-12-16(14(2)3)6-7-18(17)19/h14-18H,5-13,19H2,1-4H3. The molecule has 2 fully saturated rings. The maximum absolute atomic E-state index is 6.42. The van der Waals surface area contributed by atoms with Gasteiger partial charge in [-0.05, 0) is 50.4 Å². The lowest BCUT2D eigenvalue weighted by molar-refractivity contribution is 0.0713. The van der Waals surface area contributed by atoms with Crippen molar-refractivity contribution < 1.29 is 0 Å². The van der Waals surface area contributed by atoms with Crippen molar-refractivity contribution in [3.05, 3.63) is 0 Å². The van der Waals surface area contributed by atoms with E-state index in [9.17, 15) is 0 Å². The van der Waals surface area contributed by atoms with Gasteiger partial charge in [0.15, 0.2) is 0 Å². The Kier molecular flexibility index (Phi) is 6.51. The molecule has 0 aromatic rings. The predicted octanol–water partition coefficient (Wildman–Crippen LogP) is 2.80. The van der Waals surface area contributed by atoms with Crippen molar-refractivity contribution in [1.29, 1.82) is 0 Å². The number of nitrogens with two attached hydrogens (primary N) is 1. The largest absolute Gasteiger partial charge is 0.327 e. The summed E-state index contributed by atoms with van der Waals surface area (Å²) < 4.78 is 0. The van der Waals surface area contributed by atoms with Gasteiger partial charge in [-0.15, -0.1) is 0 Å². The minimum atomic E-state index is 0.438. The Morgan fingerprint density at radius 2 is 1.71 bits per heavy atom. The van der Waals surface area contributed by atoms with Crippen molar-refractivity contribution in [2.45, 2.75) is 65.5 Å². The molecular formula is C18H37N3. The molecule has 3 nitrogen and oxygen atoms in total. The number of hydrogen-bond acceptors (Lipinski definition) is 3. The topological polar surface area (TPSA) is 32.5 Å². The molecule has 21 heavy (non-hydrogen) atoms. The molecule has 0 bridgehead atoms. The number of nitrogens with zero attached hydrogens (tertiary/aromatic N) is 2. The van der Waals surface area contributed by atoms with E-state index in [-0.39, 0.29) is 0 Å². The zero-order valence-corrected chi connectivity index (χ0v) is 14.7. The number of hydrogen-bond donors (Lipinski definition) is 1. The lowest BCUT2D eigenvalue weighted by Gasteiger charge is -2.42. The van der Waals surface area contributed by atoms with Crippen LogP contribution in [0.5, 0.6) is 0 Å². The first kappa shape index (κ1) is 17.2. The normalized spacial score (nSPS) is 34.3. The fraction of sp³-hybridized carbons (Fsp3) is 1.00. The molecule has 0 amide bonds. The second kappa shape index (κ2) is 7.94. The van der Waals surface area contributed by atoms with Crippen LogP contribution in [0.1, 0.15) is 53.4 Å². The molecule has 0 aromatic carbocycles. The first-order chi connectivity index (χ1) is 10.0. The third kappa shape index (κ3) is 4.67. The molecule has 1 aliphatic carbocycles. The summed E-state index contributed by atoms with van der Waals surface area (Å²) in [5.41, 5.74) is 6.42. The van der Waals surface area contributed by atoms with Crippen LogP contribution in [0.25, 0.3) is 0 Å². The lowest BCUT2D eigenvalue weighted by Crippen LogP contribution is -2.52. The molecule has 0 aromatic heterocycles. The van der Waals surface area contributed by atoms with E-state index in [4.69, 9.17) is 5.73 Å². The maximum Gasteiger partial charge on any atom is 0.0113 e. The van der Waals surface area contributed by atoms with Crippen LogP contribution in [0.2, 0.25) is 0 Å². The van der Waals surface area contributed by atoms with Crippen LogP contribution in [0.15, 0.2) is 0 Å². The molecule has 1 saturated heterocycles. The first-order valence-corrected chi connectivity index (χ1v) is 9.23. The van der Waals surface area contributed by atoms with Crippen molar-refractivity contribution in [2.75, 3.05) is 32.7 Å². The molecule has 3 heteroatoms. The Bertz CT molecular complexity index is 297. The number of rotatable bonds is 5. The summed E-state index contributed by atoms with van der Waals surface area (Å²) in [5.74, 6) is 2.44. The Morgan fingerprint density at radius 3 is 2.29 bits per heavy atom. The Hall–Kier alpha value is -0.120. The van der Waals surface area contributed by atoms with Gasteiger partial charge in [-0.25, -0.2) is 0 Å². The van der Waals surface area contributed by atoms with Gasteiger partial charge in [-0.3, -0.25) is 4.90 Å². The third-order valence-corrected chi connectivity index (χ3v) is 6.14. The SMILES string of the molecule is CCC(C)N1CCN(CC2CC(C(C)C)CCC2N)CC1. The van der Waals surface area contributed by atoms with Crippen molar-refractivity contribution >= 4 is 0 Å². The van der Waals surface area contributed by atoms with Gasteiger partial charge in [-0.1, -0.05) is 20.8 Å². The second-order valence-electron chi connectivity index (χ2n) is 7.83. The molecule has 1 saturated carbocycles. The van der Waals surface area contributed by atoms with Gasteiger partial charge < -0.3 is 10.6 Å². The monoisotopic (exact) mass is 295 g/mol. The minimum Gasteiger partial charge on any atom is -0.327 e. The third-order valence-electron chi connectivity index (χ3n) is 6.14. The van der Waals surface area contributed by atoms with Crippen LogP contribution < -0.4 is 5.73 Å². The Morgan fingerprint density at radius 1 is 1.05 bits per heavy atom. The molecule has 4 unspecified atom stereocenters. The van der Waals surface area contributed by atoms with Crippen molar-refractivity contribution in [2.24, 2.45) is 23.5 Å². The summed E-state index contributed by atoms with van der Waals surface area (Å²) in [6.07, 6.45) is 5.20. The molecule has 2 rings (SSSR count). The van der Waals surface area contributed by atoms with Gasteiger partial charge in [0.05, 0.1) is 0 Å². The highest BCUT2D eigenvalue weighted by Crippen LogP contribution is 2.33. The molecule has 124 valence electrons. The highest BCUT2D eigenvalue weighted by molar-refractivity contribution is 4.87. The van der Waals surface area contributed by atoms with Crippen molar-refractivity contribution in [1.82, 2.24) is 9.80 Å². The zero-order chi connectivity index (χ0) is 15.4. The van der Waals surface area contributed by atoms with E-state index < -0.39 is 0 Å². The molecule has 2 aliphatic rings. The number of piperazine rings is 1. The van der Waals surface area contributed by atoms with E-state index in [1.165, 1.54) is 58.4 Å². The second-order valence-corrected chi connectivity index (χ2v) is 7.83. The van der Waals surface area contributed by atoms with Crippen LogP contribution in [-0.4, -0.2) is 54.6 Å². The minimum absolute atomic E-state index is 0.438. The Balaban J connectivity index is 1.79. The molecule has 2 N–H and O–H groups in total. The highest BCUT2D eigenvalue weighted by Gasteiger charge is 2.31. The van der Waals surface area contributed by atoms with Gasteiger partial charge in [0.2, 0.25) is 0 Å². The van der Waals surface area contributed by atoms with Gasteiger partial charge in [-0.2, -0.15) is 0 Å². The van der Waals surface area contributed by atoms with E-state index >= 15 is 0 Å². The smallest absolute Gasteiger partial charge is 0.0113 e. The van der Waals surface area contributed by atoms with Crippen LogP contribution >= 0.6 is 0 Å². The van der Waals surface area contributed by atoms with Crippen molar-refractivity contribution in [3.63, 3.8) is 0 Å². The van der Waals surface area contributed by atoms with E-state index in [1.807, 2.05) is 0 Å². The molecule has 0 radical (unpaired) electrons. The fourth-order valence-corrected chi connectivity index (χ4v) is 4.12. The van der Waals surface area contributed by atoms with Gasteiger partial charge >= 0.3 is 0 Å². The van der Waals surface area contributed by atoms with Crippen LogP contribution in [-0.2, 0) is 0 Å². The van der Waals surface area contributed by atoms with Gasteiger partial charge in [0.25, 0.3) is 0 Å². The summed E-state index contributed by atoms with van der Waals surface area (Å²) in [6, 6.07) is 1.18. The van der Waals surface area contributed by atoms with Crippen LogP contribution in [0.3, 0.4) is 0 Å². The summed E-state index contributed by atoms with van der Waals surface area (Å²) >= 11 is 0. The summed E-state index contributed by atoms with van der Waals surface area (Å²) in [6.45, 7) is 15.6. The van der Waals surface area contributed by atoms with E-state index in [0.717, 1.165) is 23.8 Å².